The SMILES string of the molecule is Clc1nc(-c2cccc(-c3ccc4cc(-c5ccccc5)ccc4c3)c2)nc(-c2ccccc2-c2ccccc2)n1. The number of benzene rings is 6. The molecule has 0 aliphatic carbocycles. The van der Waals surface area contributed by atoms with Crippen molar-refractivity contribution < 1.29 is 0 Å². The molecule has 0 atom stereocenters. The molecule has 0 spiro atoms. The molecule has 1 heterocycles. The number of fused-ring (bicyclic) bond motifs is 1. The van der Waals surface area contributed by atoms with Crippen LogP contribution in [0.25, 0.3) is 66.9 Å². The molecule has 0 unspecified atom stereocenters. The van der Waals surface area contributed by atoms with E-state index in [1.807, 2.05) is 54.6 Å². The molecule has 0 saturated carbocycles. The zero-order chi connectivity index (χ0) is 27.6. The number of hydrogen-bond acceptors (Lipinski definition) is 3. The lowest BCUT2D eigenvalue weighted by molar-refractivity contribution is 1.07. The smallest absolute Gasteiger partial charge is 0.208 e. The Labute approximate surface area is 243 Å². The second-order valence-electron chi connectivity index (χ2n) is 9.89. The van der Waals surface area contributed by atoms with Crippen LogP contribution in [0.3, 0.4) is 0 Å². The lowest BCUT2D eigenvalue weighted by Crippen LogP contribution is -1.98. The fourth-order valence-electron chi connectivity index (χ4n) is 5.22. The highest BCUT2D eigenvalue weighted by molar-refractivity contribution is 6.28. The first-order valence-corrected chi connectivity index (χ1v) is 13.9. The molecule has 6 aromatic carbocycles. The number of aromatic nitrogens is 3. The zero-order valence-electron chi connectivity index (χ0n) is 22.1. The second-order valence-corrected chi connectivity index (χ2v) is 10.2. The maximum Gasteiger partial charge on any atom is 0.226 e. The van der Waals surface area contributed by atoms with Gasteiger partial charge >= 0.3 is 0 Å². The molecule has 3 nitrogen and oxygen atoms in total. The lowest BCUT2D eigenvalue weighted by Gasteiger charge is -2.11. The third-order valence-electron chi connectivity index (χ3n) is 7.26. The highest BCUT2D eigenvalue weighted by Gasteiger charge is 2.14. The van der Waals surface area contributed by atoms with E-state index in [1.54, 1.807) is 0 Å². The molecule has 0 N–H and O–H groups in total. The van der Waals surface area contributed by atoms with Crippen LogP contribution >= 0.6 is 11.6 Å². The summed E-state index contributed by atoms with van der Waals surface area (Å²) in [6.07, 6.45) is 0. The fraction of sp³-hybridized carbons (Fsp3) is 0. The van der Waals surface area contributed by atoms with E-state index in [1.165, 1.54) is 21.9 Å². The molecular formula is C37H24ClN3. The Hall–Kier alpha value is -5.12. The summed E-state index contributed by atoms with van der Waals surface area (Å²) < 4.78 is 0. The molecule has 0 aliphatic rings. The van der Waals surface area contributed by atoms with Gasteiger partial charge in [0.15, 0.2) is 11.6 Å². The predicted molar refractivity (Wildman–Crippen MR) is 170 cm³/mol. The Morgan fingerprint density at radius 1 is 0.341 bits per heavy atom. The Kier molecular flexibility index (Phi) is 6.56. The van der Waals surface area contributed by atoms with Gasteiger partial charge in [-0.25, -0.2) is 4.98 Å². The Morgan fingerprint density at radius 3 is 1.56 bits per heavy atom. The van der Waals surface area contributed by atoms with Gasteiger partial charge < -0.3 is 0 Å². The Balaban J connectivity index is 1.25. The van der Waals surface area contributed by atoms with E-state index in [0.29, 0.717) is 11.6 Å². The molecule has 7 aromatic rings. The molecule has 0 aliphatic heterocycles. The van der Waals surface area contributed by atoms with Gasteiger partial charge in [-0.15, -0.1) is 0 Å². The third kappa shape index (κ3) is 5.11. The van der Waals surface area contributed by atoms with Gasteiger partial charge in [0.05, 0.1) is 0 Å². The number of hydrogen-bond donors (Lipinski definition) is 0. The predicted octanol–water partition coefficient (Wildman–Crippen LogP) is 10.0. The van der Waals surface area contributed by atoms with Crippen molar-refractivity contribution in [3.63, 3.8) is 0 Å². The first-order valence-electron chi connectivity index (χ1n) is 13.5. The van der Waals surface area contributed by atoms with Crippen LogP contribution in [0.4, 0.5) is 0 Å². The highest BCUT2D eigenvalue weighted by atomic mass is 35.5. The van der Waals surface area contributed by atoms with Crippen molar-refractivity contribution in [1.82, 2.24) is 15.0 Å². The molecule has 4 heteroatoms. The van der Waals surface area contributed by atoms with Crippen LogP contribution in [0, 0.1) is 0 Å². The normalized spacial score (nSPS) is 11.0. The minimum atomic E-state index is 0.165. The summed E-state index contributed by atoms with van der Waals surface area (Å²) in [5.41, 5.74) is 8.56. The zero-order valence-corrected chi connectivity index (χ0v) is 22.8. The molecule has 41 heavy (non-hydrogen) atoms. The minimum Gasteiger partial charge on any atom is -0.208 e. The maximum absolute atomic E-state index is 6.47. The maximum atomic E-state index is 6.47. The van der Waals surface area contributed by atoms with E-state index in [-0.39, 0.29) is 5.28 Å². The molecule has 0 bridgehead atoms. The summed E-state index contributed by atoms with van der Waals surface area (Å²) >= 11 is 6.47. The first-order chi connectivity index (χ1) is 20.2. The van der Waals surface area contributed by atoms with E-state index in [0.717, 1.165) is 33.4 Å². The van der Waals surface area contributed by atoms with Crippen molar-refractivity contribution in [1.29, 1.82) is 0 Å². The summed E-state index contributed by atoms with van der Waals surface area (Å²) in [6, 6.07) is 50.2. The van der Waals surface area contributed by atoms with E-state index in [9.17, 15) is 0 Å². The average molecular weight is 546 g/mol. The van der Waals surface area contributed by atoms with Crippen molar-refractivity contribution >= 4 is 22.4 Å². The monoisotopic (exact) mass is 545 g/mol. The molecule has 7 rings (SSSR count). The van der Waals surface area contributed by atoms with Crippen LogP contribution in [-0.4, -0.2) is 15.0 Å². The van der Waals surface area contributed by atoms with Gasteiger partial charge in [0, 0.05) is 11.1 Å². The van der Waals surface area contributed by atoms with Crippen LogP contribution in [0.15, 0.2) is 146 Å². The van der Waals surface area contributed by atoms with Crippen molar-refractivity contribution in [3.05, 3.63) is 151 Å². The highest BCUT2D eigenvalue weighted by Crippen LogP contribution is 2.33. The number of halogens is 1. The van der Waals surface area contributed by atoms with E-state index in [2.05, 4.69) is 101 Å². The van der Waals surface area contributed by atoms with Gasteiger partial charge in [-0.1, -0.05) is 127 Å². The summed E-state index contributed by atoms with van der Waals surface area (Å²) in [6.45, 7) is 0. The Morgan fingerprint density at radius 2 is 0.854 bits per heavy atom. The van der Waals surface area contributed by atoms with Crippen molar-refractivity contribution in [2.24, 2.45) is 0 Å². The fourth-order valence-corrected chi connectivity index (χ4v) is 5.38. The largest absolute Gasteiger partial charge is 0.226 e. The van der Waals surface area contributed by atoms with Gasteiger partial charge in [0.25, 0.3) is 0 Å². The van der Waals surface area contributed by atoms with E-state index < -0.39 is 0 Å². The standard InChI is InChI=1S/C37H24ClN3/c38-37-40-35(39-36(41-37)34-17-8-7-16-33(34)26-12-5-2-6-13-26)32-15-9-14-27(24-32)29-20-21-30-22-28(18-19-31(30)23-29)25-10-3-1-4-11-25/h1-24H. The molecular weight excluding hydrogens is 522 g/mol. The van der Waals surface area contributed by atoms with Crippen molar-refractivity contribution in [2.45, 2.75) is 0 Å². The van der Waals surface area contributed by atoms with Crippen molar-refractivity contribution in [3.8, 4) is 56.2 Å². The Bertz CT molecular complexity index is 2000. The minimum absolute atomic E-state index is 0.165. The molecule has 0 radical (unpaired) electrons. The summed E-state index contributed by atoms with van der Waals surface area (Å²) in [7, 11) is 0. The lowest BCUT2D eigenvalue weighted by atomic mass is 9.97. The van der Waals surface area contributed by atoms with Crippen LogP contribution in [0.1, 0.15) is 0 Å². The third-order valence-corrected chi connectivity index (χ3v) is 7.43. The number of rotatable bonds is 5. The number of nitrogens with zero attached hydrogens (tertiary/aromatic N) is 3. The molecule has 0 amide bonds. The van der Waals surface area contributed by atoms with Crippen molar-refractivity contribution in [2.75, 3.05) is 0 Å². The van der Waals surface area contributed by atoms with Gasteiger partial charge in [-0.3, -0.25) is 0 Å². The summed E-state index contributed by atoms with van der Waals surface area (Å²) in [4.78, 5) is 13.9. The van der Waals surface area contributed by atoms with Crippen LogP contribution < -0.4 is 0 Å². The van der Waals surface area contributed by atoms with E-state index in [4.69, 9.17) is 16.6 Å². The van der Waals surface area contributed by atoms with E-state index >= 15 is 0 Å². The van der Waals surface area contributed by atoms with Crippen LogP contribution in [-0.2, 0) is 0 Å². The van der Waals surface area contributed by atoms with Crippen LogP contribution in [0.5, 0.6) is 0 Å². The summed E-state index contributed by atoms with van der Waals surface area (Å²) in [5, 5.41) is 2.56. The quantitative estimate of drug-likeness (QED) is 0.216. The average Bonchev–Trinajstić information content (AvgIpc) is 3.05. The van der Waals surface area contributed by atoms with Gasteiger partial charge in [-0.05, 0) is 74.0 Å². The molecule has 1 aromatic heterocycles. The van der Waals surface area contributed by atoms with Gasteiger partial charge in [-0.2, -0.15) is 9.97 Å². The topological polar surface area (TPSA) is 38.7 Å². The second kappa shape index (κ2) is 10.8. The molecule has 0 fully saturated rings. The summed E-state index contributed by atoms with van der Waals surface area (Å²) in [5.74, 6) is 1.09. The molecule has 0 saturated heterocycles. The van der Waals surface area contributed by atoms with Crippen LogP contribution in [0.2, 0.25) is 5.28 Å². The van der Waals surface area contributed by atoms with Gasteiger partial charge in [0.2, 0.25) is 5.28 Å². The first kappa shape index (κ1) is 24.9. The molecule has 194 valence electrons. The van der Waals surface area contributed by atoms with Gasteiger partial charge in [0.1, 0.15) is 0 Å².